The smallest absolute Gasteiger partial charge is 0.305 e. The van der Waals surface area contributed by atoms with Crippen LogP contribution >= 0.6 is 0 Å². The highest BCUT2D eigenvalue weighted by atomic mass is 16.5. The lowest BCUT2D eigenvalue weighted by atomic mass is 10.1. The summed E-state index contributed by atoms with van der Waals surface area (Å²) in [5.41, 5.74) is 1.48. The van der Waals surface area contributed by atoms with Gasteiger partial charge in [-0.05, 0) is 37.1 Å². The van der Waals surface area contributed by atoms with Gasteiger partial charge < -0.3 is 14.6 Å². The van der Waals surface area contributed by atoms with Crippen molar-refractivity contribution in [2.24, 2.45) is 0 Å². The molecule has 0 aliphatic carbocycles. The molecule has 0 spiro atoms. The molecule has 0 aliphatic rings. The number of nitrogens with one attached hydrogen (secondary N) is 1. The second-order valence-corrected chi connectivity index (χ2v) is 6.69. The first kappa shape index (κ1) is 19.6. The first-order valence-electron chi connectivity index (χ1n) is 9.45. The SMILES string of the molecule is COC(=O)CCCCCNC(=O)Cn1c2ccccc2c(=O)c2ccccc21. The van der Waals surface area contributed by atoms with Crippen molar-refractivity contribution < 1.29 is 14.3 Å². The second-order valence-electron chi connectivity index (χ2n) is 6.69. The Labute approximate surface area is 163 Å². The quantitative estimate of drug-likeness (QED) is 0.370. The van der Waals surface area contributed by atoms with Crippen LogP contribution in [0.2, 0.25) is 0 Å². The average Bonchev–Trinajstić information content (AvgIpc) is 2.73. The standard InChI is InChI=1S/C22H24N2O4/c1-28-21(26)13-3-2-8-14-23-20(25)15-24-18-11-6-4-9-16(18)22(27)17-10-5-7-12-19(17)24/h4-7,9-12H,2-3,8,13-15H2,1H3,(H,23,25). The molecule has 0 bridgehead atoms. The Morgan fingerprint density at radius 1 is 0.929 bits per heavy atom. The van der Waals surface area contributed by atoms with E-state index in [1.165, 1.54) is 7.11 Å². The number of pyridine rings is 1. The van der Waals surface area contributed by atoms with Crippen molar-refractivity contribution in [1.29, 1.82) is 0 Å². The maximum absolute atomic E-state index is 12.7. The largest absolute Gasteiger partial charge is 0.469 e. The van der Waals surface area contributed by atoms with Gasteiger partial charge in [0, 0.05) is 23.7 Å². The zero-order valence-electron chi connectivity index (χ0n) is 15.9. The predicted octanol–water partition coefficient (Wildman–Crippen LogP) is 3.00. The van der Waals surface area contributed by atoms with Crippen LogP contribution in [-0.2, 0) is 20.9 Å². The molecule has 3 aromatic rings. The molecule has 2 aromatic carbocycles. The molecule has 0 aliphatic heterocycles. The van der Waals surface area contributed by atoms with Gasteiger partial charge in [-0.15, -0.1) is 0 Å². The summed E-state index contributed by atoms with van der Waals surface area (Å²) in [6.07, 6.45) is 2.80. The van der Waals surface area contributed by atoms with E-state index in [2.05, 4.69) is 10.1 Å². The number of hydrogen-bond donors (Lipinski definition) is 1. The third-order valence-electron chi connectivity index (χ3n) is 4.79. The lowest BCUT2D eigenvalue weighted by Crippen LogP contribution is -2.29. The van der Waals surface area contributed by atoms with Crippen molar-refractivity contribution in [2.45, 2.75) is 32.2 Å². The number of carbonyl (C=O) groups is 2. The molecular weight excluding hydrogens is 356 g/mol. The van der Waals surface area contributed by atoms with E-state index in [0.29, 0.717) is 23.7 Å². The van der Waals surface area contributed by atoms with Crippen LogP contribution in [0.15, 0.2) is 53.3 Å². The van der Waals surface area contributed by atoms with Gasteiger partial charge >= 0.3 is 5.97 Å². The number of esters is 1. The Morgan fingerprint density at radius 3 is 2.14 bits per heavy atom. The van der Waals surface area contributed by atoms with Gasteiger partial charge in [-0.1, -0.05) is 30.7 Å². The maximum atomic E-state index is 12.7. The van der Waals surface area contributed by atoms with Gasteiger partial charge in [0.15, 0.2) is 5.43 Å². The number of rotatable bonds is 8. The summed E-state index contributed by atoms with van der Waals surface area (Å²) in [7, 11) is 1.38. The number of benzene rings is 2. The second kappa shape index (κ2) is 9.17. The zero-order chi connectivity index (χ0) is 19.9. The van der Waals surface area contributed by atoms with Gasteiger partial charge in [-0.25, -0.2) is 0 Å². The summed E-state index contributed by atoms with van der Waals surface area (Å²) in [5.74, 6) is -0.312. The molecule has 1 heterocycles. The van der Waals surface area contributed by atoms with E-state index in [-0.39, 0.29) is 23.9 Å². The van der Waals surface area contributed by atoms with Crippen molar-refractivity contribution in [3.05, 3.63) is 58.8 Å². The van der Waals surface area contributed by atoms with Crippen molar-refractivity contribution in [3.63, 3.8) is 0 Å². The molecule has 0 atom stereocenters. The van der Waals surface area contributed by atoms with Crippen LogP contribution in [0.3, 0.4) is 0 Å². The fraction of sp³-hybridized carbons (Fsp3) is 0.318. The molecule has 0 radical (unpaired) electrons. The van der Waals surface area contributed by atoms with E-state index in [0.717, 1.165) is 30.3 Å². The lowest BCUT2D eigenvalue weighted by molar-refractivity contribution is -0.140. The number of carbonyl (C=O) groups excluding carboxylic acids is 2. The molecule has 6 nitrogen and oxygen atoms in total. The summed E-state index contributed by atoms with van der Waals surface area (Å²) in [5, 5.41) is 4.14. The highest BCUT2D eigenvalue weighted by molar-refractivity contribution is 5.94. The fourth-order valence-electron chi connectivity index (χ4n) is 3.35. The summed E-state index contributed by atoms with van der Waals surface area (Å²) < 4.78 is 6.49. The third-order valence-corrected chi connectivity index (χ3v) is 4.79. The monoisotopic (exact) mass is 380 g/mol. The Balaban J connectivity index is 1.70. The van der Waals surface area contributed by atoms with Gasteiger partial charge in [0.1, 0.15) is 6.54 Å². The predicted molar refractivity (Wildman–Crippen MR) is 109 cm³/mol. The molecule has 1 amide bonds. The summed E-state index contributed by atoms with van der Waals surface area (Å²) in [6, 6.07) is 14.7. The van der Waals surface area contributed by atoms with E-state index in [4.69, 9.17) is 0 Å². The van der Waals surface area contributed by atoms with E-state index in [9.17, 15) is 14.4 Å². The first-order chi connectivity index (χ1) is 13.6. The van der Waals surface area contributed by atoms with Crippen molar-refractivity contribution in [1.82, 2.24) is 9.88 Å². The number of aromatic nitrogens is 1. The highest BCUT2D eigenvalue weighted by Crippen LogP contribution is 2.18. The van der Waals surface area contributed by atoms with Crippen LogP contribution in [0.25, 0.3) is 21.8 Å². The minimum absolute atomic E-state index is 0.0199. The van der Waals surface area contributed by atoms with Crippen LogP contribution in [0, 0.1) is 0 Å². The molecule has 1 N–H and O–H groups in total. The van der Waals surface area contributed by atoms with E-state index in [1.807, 2.05) is 41.0 Å². The number of para-hydroxylation sites is 2. The fourth-order valence-corrected chi connectivity index (χ4v) is 3.35. The number of hydrogen-bond acceptors (Lipinski definition) is 4. The van der Waals surface area contributed by atoms with Crippen LogP contribution < -0.4 is 10.7 Å². The Kier molecular flexibility index (Phi) is 6.42. The van der Waals surface area contributed by atoms with Crippen molar-refractivity contribution >= 4 is 33.7 Å². The first-order valence-corrected chi connectivity index (χ1v) is 9.45. The Hall–Kier alpha value is -3.15. The molecule has 3 rings (SSSR count). The van der Waals surface area contributed by atoms with Crippen molar-refractivity contribution in [2.75, 3.05) is 13.7 Å². The van der Waals surface area contributed by atoms with Crippen LogP contribution in [0.4, 0.5) is 0 Å². The Morgan fingerprint density at radius 2 is 1.54 bits per heavy atom. The van der Waals surface area contributed by atoms with Gasteiger partial charge in [0.2, 0.25) is 5.91 Å². The van der Waals surface area contributed by atoms with E-state index < -0.39 is 0 Å². The normalized spacial score (nSPS) is 10.9. The molecule has 6 heteroatoms. The lowest BCUT2D eigenvalue weighted by Gasteiger charge is -2.15. The molecule has 1 aromatic heterocycles. The van der Waals surface area contributed by atoms with E-state index >= 15 is 0 Å². The third kappa shape index (κ3) is 4.39. The zero-order valence-corrected chi connectivity index (χ0v) is 15.9. The number of fused-ring (bicyclic) bond motifs is 2. The average molecular weight is 380 g/mol. The summed E-state index contributed by atoms with van der Waals surface area (Å²) in [6.45, 7) is 0.694. The van der Waals surface area contributed by atoms with Crippen LogP contribution in [0.1, 0.15) is 25.7 Å². The molecule has 0 unspecified atom stereocenters. The molecule has 0 saturated heterocycles. The van der Waals surface area contributed by atoms with Gasteiger partial charge in [0.05, 0.1) is 18.1 Å². The van der Waals surface area contributed by atoms with Gasteiger partial charge in [-0.3, -0.25) is 14.4 Å². The molecular formula is C22H24N2O4. The molecule has 0 fully saturated rings. The molecule has 146 valence electrons. The van der Waals surface area contributed by atoms with Crippen LogP contribution in [-0.4, -0.2) is 30.1 Å². The number of ether oxygens (including phenoxy) is 1. The van der Waals surface area contributed by atoms with Gasteiger partial charge in [-0.2, -0.15) is 0 Å². The summed E-state index contributed by atoms with van der Waals surface area (Å²) in [4.78, 5) is 36.3. The number of unbranched alkanes of at least 4 members (excludes halogenated alkanes) is 2. The number of nitrogens with zero attached hydrogens (tertiary/aromatic N) is 1. The molecule has 28 heavy (non-hydrogen) atoms. The highest BCUT2D eigenvalue weighted by Gasteiger charge is 2.12. The van der Waals surface area contributed by atoms with Gasteiger partial charge in [0.25, 0.3) is 0 Å². The minimum Gasteiger partial charge on any atom is -0.469 e. The molecule has 0 saturated carbocycles. The number of methoxy groups -OCH3 is 1. The summed E-state index contributed by atoms with van der Waals surface area (Å²) >= 11 is 0. The van der Waals surface area contributed by atoms with Crippen LogP contribution in [0.5, 0.6) is 0 Å². The minimum atomic E-state index is -0.207. The van der Waals surface area contributed by atoms with E-state index in [1.54, 1.807) is 12.1 Å². The Bertz CT molecular complexity index is 995. The number of amides is 1. The van der Waals surface area contributed by atoms with Crippen molar-refractivity contribution in [3.8, 4) is 0 Å². The topological polar surface area (TPSA) is 77.4 Å². The maximum Gasteiger partial charge on any atom is 0.305 e.